The third-order valence-corrected chi connectivity index (χ3v) is 4.64. The van der Waals surface area contributed by atoms with Crippen molar-refractivity contribution in [2.24, 2.45) is 0 Å². The van der Waals surface area contributed by atoms with E-state index in [0.29, 0.717) is 11.1 Å². The lowest BCUT2D eigenvalue weighted by atomic mass is 10.1. The molecular weight excluding hydrogens is 418 g/mol. The monoisotopic (exact) mass is 435 g/mol. The predicted octanol–water partition coefficient (Wildman–Crippen LogP) is 5.14. The van der Waals surface area contributed by atoms with Gasteiger partial charge in [0.05, 0.1) is 0 Å². The van der Waals surface area contributed by atoms with Gasteiger partial charge < -0.3 is 15.1 Å². The van der Waals surface area contributed by atoms with Crippen LogP contribution < -0.4 is 4.90 Å². The quantitative estimate of drug-likeness (QED) is 0.389. The van der Waals surface area contributed by atoms with Crippen LogP contribution in [0.5, 0.6) is 0 Å². The Morgan fingerprint density at radius 1 is 0.636 bits per heavy atom. The van der Waals surface area contributed by atoms with Gasteiger partial charge in [0, 0.05) is 17.1 Å². The maximum atomic E-state index is 11.1. The number of carbonyl (C=O) groups is 2. The molecule has 160 valence electrons. The molecule has 0 saturated heterocycles. The number of rotatable bonds is 7. The fourth-order valence-electron chi connectivity index (χ4n) is 3.08. The van der Waals surface area contributed by atoms with Gasteiger partial charge in [-0.25, -0.2) is 9.59 Å². The highest BCUT2D eigenvalue weighted by atomic mass is 16.4. The highest BCUT2D eigenvalue weighted by Gasteiger charge is 2.13. The summed E-state index contributed by atoms with van der Waals surface area (Å²) in [5.74, 6) is -2.58. The number of anilines is 3. The lowest BCUT2D eigenvalue weighted by Crippen LogP contribution is -2.09. The Kier molecular flexibility index (Phi) is 7.00. The highest BCUT2D eigenvalue weighted by molar-refractivity contribution is 5.97. The molecule has 0 aliphatic carbocycles. The van der Waals surface area contributed by atoms with Crippen molar-refractivity contribution in [2.75, 3.05) is 4.90 Å². The van der Waals surface area contributed by atoms with Gasteiger partial charge in [0.2, 0.25) is 0 Å². The van der Waals surface area contributed by atoms with Gasteiger partial charge in [0.15, 0.2) is 0 Å². The summed E-state index contributed by atoms with van der Waals surface area (Å²) < 4.78 is 0. The fourth-order valence-corrected chi connectivity index (χ4v) is 3.08. The van der Waals surface area contributed by atoms with E-state index in [2.05, 4.69) is 0 Å². The molecule has 0 unspecified atom stereocenters. The molecule has 0 spiro atoms. The summed E-state index contributed by atoms with van der Waals surface area (Å²) >= 11 is 0. The molecule has 0 fully saturated rings. The van der Waals surface area contributed by atoms with Crippen molar-refractivity contribution in [1.82, 2.24) is 0 Å². The standard InChI is InChI=1S/C26H17N3O4/c27-16-20(25(30)31)14-18-6-10-23(11-7-18)29(22-4-2-1-3-5-22)24-12-8-19(9-13-24)15-21(17-28)26(32)33/h1-15H,(H,30,31)(H,32,33)/b20-14+,21-15+. The van der Waals surface area contributed by atoms with Crippen LogP contribution >= 0.6 is 0 Å². The number of carboxylic acid groups (broad SMARTS) is 2. The largest absolute Gasteiger partial charge is 0.477 e. The molecule has 0 aliphatic heterocycles. The predicted molar refractivity (Wildman–Crippen MR) is 124 cm³/mol. The van der Waals surface area contributed by atoms with Gasteiger partial charge in [0.1, 0.15) is 23.3 Å². The van der Waals surface area contributed by atoms with E-state index in [1.165, 1.54) is 12.2 Å². The van der Waals surface area contributed by atoms with Crippen LogP contribution in [-0.4, -0.2) is 22.2 Å². The van der Waals surface area contributed by atoms with E-state index < -0.39 is 11.9 Å². The van der Waals surface area contributed by atoms with E-state index in [0.717, 1.165) is 17.1 Å². The molecule has 3 rings (SSSR count). The topological polar surface area (TPSA) is 125 Å². The van der Waals surface area contributed by atoms with E-state index in [4.69, 9.17) is 20.7 Å². The second kappa shape index (κ2) is 10.3. The summed E-state index contributed by atoms with van der Waals surface area (Å²) in [5.41, 5.74) is 2.88. The zero-order chi connectivity index (χ0) is 23.8. The molecule has 0 aromatic heterocycles. The number of benzene rings is 3. The molecule has 0 heterocycles. The Labute approximate surface area is 190 Å². The maximum Gasteiger partial charge on any atom is 0.346 e. The lowest BCUT2D eigenvalue weighted by molar-refractivity contribution is -0.133. The molecule has 2 N–H and O–H groups in total. The second-order valence-corrected chi connectivity index (χ2v) is 6.80. The number of para-hydroxylation sites is 1. The Hall–Kier alpha value is -5.14. The van der Waals surface area contributed by atoms with Gasteiger partial charge in [-0.1, -0.05) is 42.5 Å². The zero-order valence-electron chi connectivity index (χ0n) is 17.2. The number of nitrogens with zero attached hydrogens (tertiary/aromatic N) is 3. The highest BCUT2D eigenvalue weighted by Crippen LogP contribution is 2.34. The average molecular weight is 435 g/mol. The van der Waals surface area contributed by atoms with Crippen molar-refractivity contribution < 1.29 is 19.8 Å². The third-order valence-electron chi connectivity index (χ3n) is 4.64. The number of hydrogen-bond donors (Lipinski definition) is 2. The number of carboxylic acids is 2. The molecule has 3 aromatic rings. The molecule has 0 amide bonds. The van der Waals surface area contributed by atoms with Gasteiger partial charge in [-0.05, 0) is 59.7 Å². The molecule has 7 nitrogen and oxygen atoms in total. The molecule has 33 heavy (non-hydrogen) atoms. The van der Waals surface area contributed by atoms with E-state index in [1.807, 2.05) is 59.5 Å². The van der Waals surface area contributed by atoms with E-state index in [9.17, 15) is 9.59 Å². The summed E-state index contributed by atoms with van der Waals surface area (Å²) in [6, 6.07) is 27.0. The molecule has 0 saturated carbocycles. The van der Waals surface area contributed by atoms with Crippen LogP contribution in [0, 0.1) is 22.7 Å². The third kappa shape index (κ3) is 5.52. The van der Waals surface area contributed by atoms with Crippen molar-refractivity contribution >= 4 is 41.2 Å². The summed E-state index contributed by atoms with van der Waals surface area (Å²) in [6.07, 6.45) is 2.60. The van der Waals surface area contributed by atoms with Crippen LogP contribution in [0.4, 0.5) is 17.1 Å². The zero-order valence-corrected chi connectivity index (χ0v) is 17.2. The van der Waals surface area contributed by atoms with Crippen LogP contribution in [0.15, 0.2) is 90.0 Å². The summed E-state index contributed by atoms with van der Waals surface area (Å²) in [6.45, 7) is 0. The molecular formula is C26H17N3O4. The van der Waals surface area contributed by atoms with Crippen LogP contribution in [0.1, 0.15) is 11.1 Å². The first-order chi connectivity index (χ1) is 15.9. The van der Waals surface area contributed by atoms with E-state index in [-0.39, 0.29) is 11.1 Å². The van der Waals surface area contributed by atoms with Crippen molar-refractivity contribution in [2.45, 2.75) is 0 Å². The summed E-state index contributed by atoms with van der Waals surface area (Å²) in [7, 11) is 0. The van der Waals surface area contributed by atoms with Crippen LogP contribution in [0.3, 0.4) is 0 Å². The fraction of sp³-hybridized carbons (Fsp3) is 0. The van der Waals surface area contributed by atoms with Gasteiger partial charge in [-0.2, -0.15) is 10.5 Å². The van der Waals surface area contributed by atoms with Crippen LogP contribution in [0.2, 0.25) is 0 Å². The summed E-state index contributed by atoms with van der Waals surface area (Å²) in [5, 5.41) is 36.0. The van der Waals surface area contributed by atoms with Crippen molar-refractivity contribution in [3.05, 3.63) is 101 Å². The Morgan fingerprint density at radius 3 is 1.33 bits per heavy atom. The average Bonchev–Trinajstić information content (AvgIpc) is 2.83. The Bertz CT molecular complexity index is 1230. The van der Waals surface area contributed by atoms with Gasteiger partial charge >= 0.3 is 11.9 Å². The van der Waals surface area contributed by atoms with Crippen molar-refractivity contribution in [1.29, 1.82) is 10.5 Å². The van der Waals surface area contributed by atoms with Crippen molar-refractivity contribution in [3.8, 4) is 12.1 Å². The second-order valence-electron chi connectivity index (χ2n) is 6.80. The lowest BCUT2D eigenvalue weighted by Gasteiger charge is -2.25. The van der Waals surface area contributed by atoms with Crippen LogP contribution in [-0.2, 0) is 9.59 Å². The SMILES string of the molecule is N#C/C(=C\c1ccc(N(c2ccccc2)c2ccc(/C=C(\C#N)C(=O)O)cc2)cc1)C(=O)O. The van der Waals surface area contributed by atoms with Gasteiger partial charge in [-0.3, -0.25) is 0 Å². The van der Waals surface area contributed by atoms with Gasteiger partial charge in [0.25, 0.3) is 0 Å². The Morgan fingerprint density at radius 2 is 1.00 bits per heavy atom. The minimum atomic E-state index is -1.29. The number of hydrogen-bond acceptors (Lipinski definition) is 5. The smallest absolute Gasteiger partial charge is 0.346 e. The Balaban J connectivity index is 2.01. The maximum absolute atomic E-state index is 11.1. The first-order valence-electron chi connectivity index (χ1n) is 9.68. The molecule has 3 aromatic carbocycles. The molecule has 0 aliphatic rings. The van der Waals surface area contributed by atoms with Gasteiger partial charge in [-0.15, -0.1) is 0 Å². The van der Waals surface area contributed by atoms with E-state index >= 15 is 0 Å². The first kappa shape index (κ1) is 22.5. The molecule has 0 radical (unpaired) electrons. The minimum Gasteiger partial charge on any atom is -0.477 e. The van der Waals surface area contributed by atoms with Crippen LogP contribution in [0.25, 0.3) is 12.2 Å². The summed E-state index contributed by atoms with van der Waals surface area (Å²) in [4.78, 5) is 24.1. The van der Waals surface area contributed by atoms with E-state index in [1.54, 1.807) is 36.4 Å². The number of nitriles is 2. The molecule has 0 atom stereocenters. The van der Waals surface area contributed by atoms with Crippen molar-refractivity contribution in [3.63, 3.8) is 0 Å². The normalized spacial score (nSPS) is 11.2. The molecule has 7 heteroatoms. The first-order valence-corrected chi connectivity index (χ1v) is 9.68. The number of aliphatic carboxylic acids is 2. The molecule has 0 bridgehead atoms. The minimum absolute atomic E-state index is 0.357.